The second-order valence-corrected chi connectivity index (χ2v) is 7.17. The van der Waals surface area contributed by atoms with Gasteiger partial charge in [0.15, 0.2) is 0 Å². The van der Waals surface area contributed by atoms with Gasteiger partial charge in [-0.25, -0.2) is 0 Å². The van der Waals surface area contributed by atoms with Crippen LogP contribution >= 0.6 is 0 Å². The van der Waals surface area contributed by atoms with Gasteiger partial charge in [0.05, 0.1) is 6.61 Å². The summed E-state index contributed by atoms with van der Waals surface area (Å²) < 4.78 is 10.8. The molecule has 0 aromatic heterocycles. The number of carbonyl (C=O) groups excluding carboxylic acids is 1. The molecule has 5 heteroatoms. The molecule has 0 saturated heterocycles. The Morgan fingerprint density at radius 1 is 1.24 bits per heavy atom. The van der Waals surface area contributed by atoms with Crippen molar-refractivity contribution in [1.82, 2.24) is 5.32 Å². The summed E-state index contributed by atoms with van der Waals surface area (Å²) >= 11 is 0. The van der Waals surface area contributed by atoms with Crippen molar-refractivity contribution in [3.8, 4) is 5.75 Å². The molecule has 140 valence electrons. The lowest BCUT2D eigenvalue weighted by molar-refractivity contribution is -0.124. The zero-order valence-corrected chi connectivity index (χ0v) is 15.6. The van der Waals surface area contributed by atoms with E-state index in [2.05, 4.69) is 5.32 Å². The Morgan fingerprint density at radius 3 is 2.68 bits per heavy atom. The molecule has 5 nitrogen and oxygen atoms in total. The highest BCUT2D eigenvalue weighted by Crippen LogP contribution is 2.38. The van der Waals surface area contributed by atoms with Crippen molar-refractivity contribution < 1.29 is 14.3 Å². The van der Waals surface area contributed by atoms with Crippen molar-refractivity contribution in [3.63, 3.8) is 0 Å². The molecule has 1 aromatic carbocycles. The summed E-state index contributed by atoms with van der Waals surface area (Å²) in [5, 5.41) is 3.05. The van der Waals surface area contributed by atoms with Gasteiger partial charge in [0.25, 0.3) is 0 Å². The van der Waals surface area contributed by atoms with E-state index in [1.165, 1.54) is 19.3 Å². The monoisotopic (exact) mass is 348 g/mol. The van der Waals surface area contributed by atoms with Crippen LogP contribution in [-0.2, 0) is 16.1 Å². The predicted octanol–water partition coefficient (Wildman–Crippen LogP) is 2.94. The maximum Gasteiger partial charge on any atom is 0.220 e. The third-order valence-electron chi connectivity index (χ3n) is 5.13. The van der Waals surface area contributed by atoms with E-state index in [9.17, 15) is 4.79 Å². The van der Waals surface area contributed by atoms with E-state index in [4.69, 9.17) is 15.2 Å². The van der Waals surface area contributed by atoms with Crippen LogP contribution in [0.15, 0.2) is 18.2 Å². The van der Waals surface area contributed by atoms with E-state index in [1.54, 1.807) is 7.11 Å². The summed E-state index contributed by atoms with van der Waals surface area (Å²) in [5.74, 6) is 0.888. The van der Waals surface area contributed by atoms with Crippen molar-refractivity contribution >= 4 is 5.91 Å². The normalized spacial score (nSPS) is 16.4. The number of carbonyl (C=O) groups is 1. The topological polar surface area (TPSA) is 73.6 Å². The Hall–Kier alpha value is -1.59. The highest BCUT2D eigenvalue weighted by atomic mass is 16.5. The molecule has 1 amide bonds. The van der Waals surface area contributed by atoms with Gasteiger partial charge in [0, 0.05) is 25.6 Å². The highest BCUT2D eigenvalue weighted by Gasteiger charge is 2.32. The van der Waals surface area contributed by atoms with Gasteiger partial charge in [-0.3, -0.25) is 4.79 Å². The van der Waals surface area contributed by atoms with Crippen LogP contribution in [0.4, 0.5) is 0 Å². The van der Waals surface area contributed by atoms with E-state index < -0.39 is 0 Å². The van der Waals surface area contributed by atoms with Gasteiger partial charge >= 0.3 is 0 Å². The molecule has 1 fully saturated rings. The fraction of sp³-hybridized carbons (Fsp3) is 0.650. The Balaban J connectivity index is 1.92. The first kappa shape index (κ1) is 19.7. The fourth-order valence-electron chi connectivity index (χ4n) is 3.53. The molecule has 0 spiro atoms. The molecule has 3 N–H and O–H groups in total. The Labute approximate surface area is 151 Å². The highest BCUT2D eigenvalue weighted by molar-refractivity contribution is 5.76. The van der Waals surface area contributed by atoms with Crippen LogP contribution in [0.2, 0.25) is 0 Å². The molecule has 0 bridgehead atoms. The minimum atomic E-state index is -0.00654. The first-order valence-corrected chi connectivity index (χ1v) is 9.27. The molecule has 0 atom stereocenters. The number of rotatable bonds is 9. The van der Waals surface area contributed by atoms with Gasteiger partial charge in [0.1, 0.15) is 12.4 Å². The molecule has 2 rings (SSSR count). The average Bonchev–Trinajstić information content (AvgIpc) is 2.62. The van der Waals surface area contributed by atoms with Crippen molar-refractivity contribution in [3.05, 3.63) is 29.3 Å². The molecule has 0 aliphatic heterocycles. The summed E-state index contributed by atoms with van der Waals surface area (Å²) in [5.41, 5.74) is 8.10. The average molecular weight is 348 g/mol. The van der Waals surface area contributed by atoms with Crippen molar-refractivity contribution in [2.24, 2.45) is 11.1 Å². The van der Waals surface area contributed by atoms with Crippen LogP contribution in [0.3, 0.4) is 0 Å². The van der Waals surface area contributed by atoms with Crippen LogP contribution in [0, 0.1) is 12.3 Å². The number of amides is 1. The second kappa shape index (κ2) is 9.78. The number of benzene rings is 1. The van der Waals surface area contributed by atoms with Gasteiger partial charge in [-0.2, -0.15) is 0 Å². The first-order chi connectivity index (χ1) is 12.1. The number of ether oxygens (including phenoxy) is 2. The minimum Gasteiger partial charge on any atom is -0.491 e. The summed E-state index contributed by atoms with van der Waals surface area (Å²) in [4.78, 5) is 12.5. The number of nitrogens with two attached hydrogens (primary N) is 1. The zero-order valence-electron chi connectivity index (χ0n) is 15.6. The quantitative estimate of drug-likeness (QED) is 0.673. The summed E-state index contributed by atoms with van der Waals surface area (Å²) in [6.07, 6.45) is 6.27. The smallest absolute Gasteiger partial charge is 0.220 e. The van der Waals surface area contributed by atoms with Crippen molar-refractivity contribution in [1.29, 1.82) is 0 Å². The molecule has 1 aromatic rings. The Kier molecular flexibility index (Phi) is 7.72. The summed E-state index contributed by atoms with van der Waals surface area (Å²) in [6.45, 7) is 4.13. The number of nitrogens with one attached hydrogen (secondary N) is 1. The van der Waals surface area contributed by atoms with Crippen LogP contribution in [-0.4, -0.2) is 32.8 Å². The van der Waals surface area contributed by atoms with E-state index in [0.29, 0.717) is 32.7 Å². The van der Waals surface area contributed by atoms with E-state index in [-0.39, 0.29) is 11.3 Å². The van der Waals surface area contributed by atoms with Crippen LogP contribution in [0.25, 0.3) is 0 Å². The predicted molar refractivity (Wildman–Crippen MR) is 99.6 cm³/mol. The molecular weight excluding hydrogens is 316 g/mol. The molecule has 1 saturated carbocycles. The van der Waals surface area contributed by atoms with E-state index in [1.807, 2.05) is 25.1 Å². The zero-order chi connectivity index (χ0) is 18.1. The Bertz CT molecular complexity index is 554. The number of hydrogen-bond acceptors (Lipinski definition) is 4. The molecule has 25 heavy (non-hydrogen) atoms. The minimum absolute atomic E-state index is 0.00654. The number of aryl methyl sites for hydroxylation is 1. The lowest BCUT2D eigenvalue weighted by atomic mass is 9.71. The van der Waals surface area contributed by atoms with Gasteiger partial charge in [-0.05, 0) is 43.4 Å². The molecule has 1 aliphatic carbocycles. The standard InChI is InChI=1S/C20H32N2O3/c1-16-6-7-17(18(12-16)25-11-10-24-2)14-22-19(23)13-20(15-21)8-4-3-5-9-20/h6-7,12H,3-5,8-11,13-15,21H2,1-2H3,(H,22,23). The van der Waals surface area contributed by atoms with Crippen LogP contribution in [0.1, 0.15) is 49.7 Å². The fourth-order valence-corrected chi connectivity index (χ4v) is 3.53. The first-order valence-electron chi connectivity index (χ1n) is 9.27. The summed E-state index contributed by atoms with van der Waals surface area (Å²) in [7, 11) is 1.65. The summed E-state index contributed by atoms with van der Waals surface area (Å²) in [6, 6.07) is 6.05. The lowest BCUT2D eigenvalue weighted by Gasteiger charge is -2.35. The maximum absolute atomic E-state index is 12.5. The third-order valence-corrected chi connectivity index (χ3v) is 5.13. The van der Waals surface area contributed by atoms with Crippen molar-refractivity contribution in [2.45, 2.75) is 52.0 Å². The van der Waals surface area contributed by atoms with E-state index >= 15 is 0 Å². The van der Waals surface area contributed by atoms with Gasteiger partial charge in [-0.1, -0.05) is 31.4 Å². The maximum atomic E-state index is 12.5. The van der Waals surface area contributed by atoms with Crippen LogP contribution < -0.4 is 15.8 Å². The largest absolute Gasteiger partial charge is 0.491 e. The van der Waals surface area contributed by atoms with Crippen molar-refractivity contribution in [2.75, 3.05) is 26.9 Å². The Morgan fingerprint density at radius 2 is 2.00 bits per heavy atom. The molecule has 0 heterocycles. The van der Waals surface area contributed by atoms with Gasteiger partial charge in [0.2, 0.25) is 5.91 Å². The van der Waals surface area contributed by atoms with E-state index in [0.717, 1.165) is 29.7 Å². The number of hydrogen-bond donors (Lipinski definition) is 2. The van der Waals surface area contributed by atoms with Gasteiger partial charge in [-0.15, -0.1) is 0 Å². The van der Waals surface area contributed by atoms with Crippen LogP contribution in [0.5, 0.6) is 5.75 Å². The third kappa shape index (κ3) is 6.01. The molecular formula is C20H32N2O3. The molecule has 1 aliphatic rings. The molecule has 0 radical (unpaired) electrons. The lowest BCUT2D eigenvalue weighted by Crippen LogP contribution is -2.38. The second-order valence-electron chi connectivity index (χ2n) is 7.17. The van der Waals surface area contributed by atoms with Gasteiger partial charge < -0.3 is 20.5 Å². The SMILES string of the molecule is COCCOc1cc(C)ccc1CNC(=O)CC1(CN)CCCCC1. The molecule has 0 unspecified atom stereocenters. The number of methoxy groups -OCH3 is 1.